The summed E-state index contributed by atoms with van der Waals surface area (Å²) in [6.45, 7) is 4.44. The second kappa shape index (κ2) is 7.46. The molecule has 2 heterocycles. The predicted octanol–water partition coefficient (Wildman–Crippen LogP) is 4.42. The number of fused-ring (bicyclic) bond motifs is 1. The average Bonchev–Trinajstić information content (AvgIpc) is 3.21. The first kappa shape index (κ1) is 17.6. The van der Waals surface area contributed by atoms with Crippen LogP contribution in [0.5, 0.6) is 0 Å². The summed E-state index contributed by atoms with van der Waals surface area (Å²) in [4.78, 5) is 13.0. The number of nitrogens with zero attached hydrogens (tertiary/aromatic N) is 3. The van der Waals surface area contributed by atoms with Gasteiger partial charge in [0.15, 0.2) is 5.71 Å². The van der Waals surface area contributed by atoms with Crippen LogP contribution in [0.15, 0.2) is 81.2 Å². The van der Waals surface area contributed by atoms with Crippen molar-refractivity contribution in [3.8, 4) is 11.3 Å². The van der Waals surface area contributed by atoms with Crippen molar-refractivity contribution in [3.05, 3.63) is 81.4 Å². The molecule has 0 radical (unpaired) electrons. The highest BCUT2D eigenvalue weighted by atomic mass is 79.9. The van der Waals surface area contributed by atoms with Gasteiger partial charge in [0.2, 0.25) is 4.80 Å². The third kappa shape index (κ3) is 3.43. The first-order chi connectivity index (χ1) is 13.2. The molecule has 0 fully saturated rings. The Kier molecular flexibility index (Phi) is 4.87. The number of hydrogen-bond acceptors (Lipinski definition) is 4. The molecule has 0 aliphatic carbocycles. The molecule has 1 aliphatic heterocycles. The van der Waals surface area contributed by atoms with E-state index in [0.29, 0.717) is 17.1 Å². The smallest absolute Gasteiger partial charge is 0.276 e. The van der Waals surface area contributed by atoms with E-state index < -0.39 is 0 Å². The Morgan fingerprint density at radius 1 is 1.19 bits per heavy atom. The normalized spacial score (nSPS) is 15.1. The van der Waals surface area contributed by atoms with Gasteiger partial charge >= 0.3 is 0 Å². The zero-order valence-corrected chi connectivity index (χ0v) is 16.6. The minimum Gasteiger partial charge on any atom is -0.320 e. The molecule has 0 bridgehead atoms. The molecule has 0 saturated heterocycles. The minimum absolute atomic E-state index is 0.248. The van der Waals surface area contributed by atoms with Crippen LogP contribution in [-0.4, -0.2) is 16.2 Å². The summed E-state index contributed by atoms with van der Waals surface area (Å²) in [5.74, 6) is -0.248. The summed E-state index contributed by atoms with van der Waals surface area (Å²) >= 11 is 4.91. The monoisotopic (exact) mass is 438 g/mol. The van der Waals surface area contributed by atoms with Crippen molar-refractivity contribution >= 4 is 44.6 Å². The van der Waals surface area contributed by atoms with Gasteiger partial charge < -0.3 is 9.88 Å². The Morgan fingerprint density at radius 2 is 2.00 bits per heavy atom. The molecule has 1 N–H and O–H groups in total. The Balaban J connectivity index is 1.81. The lowest BCUT2D eigenvalue weighted by Crippen LogP contribution is -2.17. The maximum absolute atomic E-state index is 12.3. The van der Waals surface area contributed by atoms with Crippen LogP contribution in [0.25, 0.3) is 11.3 Å². The van der Waals surface area contributed by atoms with E-state index in [1.807, 2.05) is 52.4 Å². The highest BCUT2D eigenvalue weighted by Crippen LogP contribution is 2.27. The standard InChI is InChI=1S/C20H15BrN4OS/c1-2-10-25-17(13-6-4-3-5-7-13)12-27-20(25)24-23-18-15-11-14(21)8-9-16(15)22-19(18)26/h2-9,11-12H,1,10H2,(H,22,23,26)/b24-20-. The lowest BCUT2D eigenvalue weighted by molar-refractivity contribution is -0.110. The number of aromatic nitrogens is 1. The number of hydrogen-bond donors (Lipinski definition) is 1. The van der Waals surface area contributed by atoms with Gasteiger partial charge in [0.05, 0.1) is 11.4 Å². The average molecular weight is 439 g/mol. The molecule has 2 aromatic carbocycles. The summed E-state index contributed by atoms with van der Waals surface area (Å²) in [7, 11) is 0. The van der Waals surface area contributed by atoms with Crippen molar-refractivity contribution in [2.45, 2.75) is 6.54 Å². The fourth-order valence-electron chi connectivity index (χ4n) is 2.87. The number of carbonyl (C=O) groups excluding carboxylic acids is 1. The molecule has 1 aliphatic rings. The third-order valence-electron chi connectivity index (χ3n) is 4.11. The number of halogens is 1. The number of carbonyl (C=O) groups is 1. The first-order valence-electron chi connectivity index (χ1n) is 8.25. The Bertz CT molecular complexity index is 1130. The maximum Gasteiger partial charge on any atom is 0.276 e. The van der Waals surface area contributed by atoms with Crippen molar-refractivity contribution in [3.63, 3.8) is 0 Å². The molecular formula is C20H15BrN4OS. The SMILES string of the molecule is C=CCn1c(-c2ccccc2)cs/c1=N\N=C1/C(=O)Nc2ccc(Br)cc21. The number of rotatable bonds is 4. The number of anilines is 1. The van der Waals surface area contributed by atoms with Crippen molar-refractivity contribution in [2.24, 2.45) is 10.2 Å². The van der Waals surface area contributed by atoms with Crippen LogP contribution >= 0.6 is 27.3 Å². The van der Waals surface area contributed by atoms with E-state index in [-0.39, 0.29) is 5.91 Å². The lowest BCUT2D eigenvalue weighted by atomic mass is 10.1. The van der Waals surface area contributed by atoms with E-state index in [0.717, 1.165) is 27.0 Å². The Hall–Kier alpha value is -2.77. The molecule has 27 heavy (non-hydrogen) atoms. The molecule has 3 aromatic rings. The quantitative estimate of drug-likeness (QED) is 0.475. The van der Waals surface area contributed by atoms with Gasteiger partial charge in [-0.1, -0.05) is 52.3 Å². The van der Waals surface area contributed by atoms with Gasteiger partial charge in [-0.05, 0) is 23.8 Å². The maximum atomic E-state index is 12.3. The molecule has 0 saturated carbocycles. The molecule has 134 valence electrons. The molecular weight excluding hydrogens is 424 g/mol. The highest BCUT2D eigenvalue weighted by Gasteiger charge is 2.26. The van der Waals surface area contributed by atoms with Crippen LogP contribution in [0.3, 0.4) is 0 Å². The summed E-state index contributed by atoms with van der Waals surface area (Å²) in [6.07, 6.45) is 1.82. The van der Waals surface area contributed by atoms with Gasteiger partial charge in [0, 0.05) is 22.0 Å². The van der Waals surface area contributed by atoms with Crippen LogP contribution in [0, 0.1) is 0 Å². The number of allylic oxidation sites excluding steroid dienone is 1. The van der Waals surface area contributed by atoms with Crippen molar-refractivity contribution in [2.75, 3.05) is 5.32 Å². The number of benzene rings is 2. The lowest BCUT2D eigenvalue weighted by Gasteiger charge is -2.05. The first-order valence-corrected chi connectivity index (χ1v) is 9.92. The van der Waals surface area contributed by atoms with Crippen LogP contribution in [0.2, 0.25) is 0 Å². The van der Waals surface area contributed by atoms with Gasteiger partial charge in [-0.2, -0.15) is 0 Å². The number of nitrogens with one attached hydrogen (secondary N) is 1. The highest BCUT2D eigenvalue weighted by molar-refractivity contribution is 9.10. The van der Waals surface area contributed by atoms with Crippen LogP contribution < -0.4 is 10.1 Å². The third-order valence-corrected chi connectivity index (χ3v) is 5.46. The summed E-state index contributed by atoms with van der Waals surface area (Å²) in [5, 5.41) is 13.5. The van der Waals surface area contributed by atoms with Gasteiger partial charge in [0.1, 0.15) is 0 Å². The zero-order chi connectivity index (χ0) is 18.8. The Morgan fingerprint density at radius 3 is 2.78 bits per heavy atom. The van der Waals surface area contributed by atoms with E-state index in [1.165, 1.54) is 11.3 Å². The summed E-state index contributed by atoms with van der Waals surface area (Å²) < 4.78 is 2.92. The van der Waals surface area contributed by atoms with Gasteiger partial charge in [-0.25, -0.2) is 0 Å². The molecule has 1 amide bonds. The van der Waals surface area contributed by atoms with Crippen LogP contribution in [0.4, 0.5) is 5.69 Å². The van der Waals surface area contributed by atoms with E-state index in [1.54, 1.807) is 0 Å². The second-order valence-corrected chi connectivity index (χ2v) is 7.61. The van der Waals surface area contributed by atoms with Crippen LogP contribution in [0.1, 0.15) is 5.56 Å². The fraction of sp³-hybridized carbons (Fsp3) is 0.0500. The molecule has 7 heteroatoms. The minimum atomic E-state index is -0.248. The summed E-state index contributed by atoms with van der Waals surface area (Å²) in [6, 6.07) is 15.7. The second-order valence-electron chi connectivity index (χ2n) is 5.86. The van der Waals surface area contributed by atoms with Crippen LogP contribution in [-0.2, 0) is 11.3 Å². The molecule has 0 atom stereocenters. The fourth-order valence-corrected chi connectivity index (χ4v) is 4.10. The largest absolute Gasteiger partial charge is 0.320 e. The Labute approximate surface area is 168 Å². The topological polar surface area (TPSA) is 58.8 Å². The van der Waals surface area contributed by atoms with Gasteiger partial charge in [-0.15, -0.1) is 28.1 Å². The van der Waals surface area contributed by atoms with Gasteiger partial charge in [0.25, 0.3) is 5.91 Å². The van der Waals surface area contributed by atoms with E-state index >= 15 is 0 Å². The van der Waals surface area contributed by atoms with Gasteiger partial charge in [-0.3, -0.25) is 4.79 Å². The molecule has 5 nitrogen and oxygen atoms in total. The van der Waals surface area contributed by atoms with Crippen molar-refractivity contribution in [1.82, 2.24) is 4.57 Å². The number of amides is 1. The van der Waals surface area contributed by atoms with Crippen molar-refractivity contribution < 1.29 is 4.79 Å². The van der Waals surface area contributed by atoms with E-state index in [9.17, 15) is 4.79 Å². The molecule has 0 spiro atoms. The number of thiazole rings is 1. The van der Waals surface area contributed by atoms with Crippen molar-refractivity contribution in [1.29, 1.82) is 0 Å². The zero-order valence-electron chi connectivity index (χ0n) is 14.2. The summed E-state index contributed by atoms with van der Waals surface area (Å²) in [5.41, 5.74) is 3.93. The molecule has 1 aromatic heterocycles. The molecule has 0 unspecified atom stereocenters. The molecule has 4 rings (SSSR count). The predicted molar refractivity (Wildman–Crippen MR) is 113 cm³/mol. The van der Waals surface area contributed by atoms with E-state index in [4.69, 9.17) is 0 Å². The van der Waals surface area contributed by atoms with E-state index in [2.05, 4.69) is 50.2 Å².